The highest BCUT2D eigenvalue weighted by atomic mass is 79.9. The van der Waals surface area contributed by atoms with Crippen molar-refractivity contribution in [1.82, 2.24) is 14.1 Å². The Morgan fingerprint density at radius 3 is 2.12 bits per heavy atom. The third kappa shape index (κ3) is 4.34. The van der Waals surface area contributed by atoms with Gasteiger partial charge in [-0.1, -0.05) is 66.7 Å². The molecule has 0 spiro atoms. The van der Waals surface area contributed by atoms with Crippen LogP contribution in [0.25, 0.3) is 16.7 Å². The maximum absolute atomic E-state index is 13.3. The van der Waals surface area contributed by atoms with Gasteiger partial charge in [0.2, 0.25) is 11.8 Å². The van der Waals surface area contributed by atoms with Crippen molar-refractivity contribution in [2.45, 2.75) is 13.2 Å². The standard InChI is InChI=1S/C27H22BrN3O3/c1-30-25-21(28)13-8-14-22(25)31(27(30)32)23-15-16-24(33-17-19-9-4-2-5-10-19)29-26(23)34-18-20-11-6-3-7-12-20/h2-16H,17-18H2,1H3. The van der Waals surface area contributed by atoms with Gasteiger partial charge >= 0.3 is 5.69 Å². The van der Waals surface area contributed by atoms with E-state index in [1.807, 2.05) is 84.9 Å². The molecule has 0 N–H and O–H groups in total. The minimum absolute atomic E-state index is 0.189. The van der Waals surface area contributed by atoms with Crippen LogP contribution in [0.2, 0.25) is 0 Å². The molecule has 0 aliphatic rings. The van der Waals surface area contributed by atoms with Gasteiger partial charge in [0.05, 0.1) is 11.0 Å². The number of fused-ring (bicyclic) bond motifs is 1. The van der Waals surface area contributed by atoms with Crippen LogP contribution in [-0.4, -0.2) is 14.1 Å². The number of para-hydroxylation sites is 1. The van der Waals surface area contributed by atoms with E-state index in [2.05, 4.69) is 20.9 Å². The van der Waals surface area contributed by atoms with Crippen LogP contribution in [0.5, 0.6) is 11.8 Å². The van der Waals surface area contributed by atoms with E-state index >= 15 is 0 Å². The van der Waals surface area contributed by atoms with Crippen molar-refractivity contribution in [2.75, 3.05) is 0 Å². The van der Waals surface area contributed by atoms with Gasteiger partial charge in [0.25, 0.3) is 0 Å². The third-order valence-electron chi connectivity index (χ3n) is 5.52. The molecular weight excluding hydrogens is 494 g/mol. The number of aromatic nitrogens is 3. The van der Waals surface area contributed by atoms with Gasteiger partial charge in [0.1, 0.15) is 18.9 Å². The molecule has 0 saturated carbocycles. The summed E-state index contributed by atoms with van der Waals surface area (Å²) < 4.78 is 16.1. The van der Waals surface area contributed by atoms with Crippen molar-refractivity contribution < 1.29 is 9.47 Å². The van der Waals surface area contributed by atoms with Crippen molar-refractivity contribution in [3.8, 4) is 17.4 Å². The molecule has 0 radical (unpaired) electrons. The van der Waals surface area contributed by atoms with Crippen LogP contribution in [0, 0.1) is 0 Å². The fraction of sp³-hybridized carbons (Fsp3) is 0.111. The summed E-state index contributed by atoms with van der Waals surface area (Å²) in [6.07, 6.45) is 0. The maximum atomic E-state index is 13.3. The maximum Gasteiger partial charge on any atom is 0.333 e. The number of imidazole rings is 1. The minimum atomic E-state index is -0.189. The number of pyridine rings is 1. The van der Waals surface area contributed by atoms with Gasteiger partial charge < -0.3 is 9.47 Å². The Labute approximate surface area is 205 Å². The van der Waals surface area contributed by atoms with Crippen LogP contribution in [0.3, 0.4) is 0 Å². The number of nitrogens with zero attached hydrogens (tertiary/aromatic N) is 3. The summed E-state index contributed by atoms with van der Waals surface area (Å²) >= 11 is 3.56. The molecule has 0 aliphatic carbocycles. The van der Waals surface area contributed by atoms with Crippen LogP contribution < -0.4 is 15.2 Å². The summed E-state index contributed by atoms with van der Waals surface area (Å²) in [4.78, 5) is 17.9. The lowest BCUT2D eigenvalue weighted by Crippen LogP contribution is -2.21. The number of benzene rings is 3. The Morgan fingerprint density at radius 1 is 0.794 bits per heavy atom. The van der Waals surface area contributed by atoms with E-state index in [0.29, 0.717) is 30.7 Å². The molecule has 0 bridgehead atoms. The summed E-state index contributed by atoms with van der Waals surface area (Å²) in [6, 6.07) is 29.0. The third-order valence-corrected chi connectivity index (χ3v) is 6.16. The first-order valence-electron chi connectivity index (χ1n) is 10.8. The SMILES string of the molecule is Cn1c(=O)n(-c2ccc(OCc3ccccc3)nc2OCc2ccccc2)c2cccc(Br)c21. The molecule has 5 rings (SSSR count). The Kier molecular flexibility index (Phi) is 6.18. The van der Waals surface area contributed by atoms with Gasteiger partial charge in [-0.2, -0.15) is 4.98 Å². The quantitative estimate of drug-likeness (QED) is 0.281. The van der Waals surface area contributed by atoms with E-state index < -0.39 is 0 Å². The second-order valence-corrected chi connectivity index (χ2v) is 8.66. The van der Waals surface area contributed by atoms with E-state index in [4.69, 9.17) is 9.47 Å². The van der Waals surface area contributed by atoms with E-state index in [9.17, 15) is 4.79 Å². The number of hydrogen-bond donors (Lipinski definition) is 0. The second-order valence-electron chi connectivity index (χ2n) is 7.81. The Hall–Kier alpha value is -3.84. The van der Waals surface area contributed by atoms with Crippen molar-refractivity contribution in [1.29, 1.82) is 0 Å². The Balaban J connectivity index is 1.56. The zero-order valence-corrected chi connectivity index (χ0v) is 20.1. The number of aryl methyl sites for hydroxylation is 1. The van der Waals surface area contributed by atoms with E-state index in [1.54, 1.807) is 22.2 Å². The largest absolute Gasteiger partial charge is 0.473 e. The average molecular weight is 516 g/mol. The molecule has 0 atom stereocenters. The Morgan fingerprint density at radius 2 is 1.44 bits per heavy atom. The molecule has 34 heavy (non-hydrogen) atoms. The topological polar surface area (TPSA) is 58.3 Å². The molecule has 2 aromatic heterocycles. The molecule has 5 aromatic rings. The van der Waals surface area contributed by atoms with Gasteiger partial charge in [0.15, 0.2) is 0 Å². The molecule has 3 aromatic carbocycles. The molecule has 2 heterocycles. The first-order chi connectivity index (χ1) is 16.6. The Bertz CT molecular complexity index is 1490. The van der Waals surface area contributed by atoms with Crippen LogP contribution in [-0.2, 0) is 20.3 Å². The van der Waals surface area contributed by atoms with E-state index in [1.165, 1.54) is 0 Å². The molecule has 0 saturated heterocycles. The molecule has 7 heteroatoms. The van der Waals surface area contributed by atoms with Crippen molar-refractivity contribution >= 4 is 27.0 Å². The highest BCUT2D eigenvalue weighted by Gasteiger charge is 2.19. The normalized spacial score (nSPS) is 11.0. The minimum Gasteiger partial charge on any atom is -0.473 e. The zero-order chi connectivity index (χ0) is 23.5. The predicted octanol–water partition coefficient (Wildman–Crippen LogP) is 5.64. The summed E-state index contributed by atoms with van der Waals surface area (Å²) in [6.45, 7) is 0.693. The van der Waals surface area contributed by atoms with Crippen LogP contribution in [0.15, 0.2) is 100 Å². The lowest BCUT2D eigenvalue weighted by atomic mass is 10.2. The molecule has 0 unspecified atom stereocenters. The van der Waals surface area contributed by atoms with Gasteiger partial charge in [-0.05, 0) is 45.3 Å². The van der Waals surface area contributed by atoms with Crippen LogP contribution >= 0.6 is 15.9 Å². The lowest BCUT2D eigenvalue weighted by Gasteiger charge is -2.14. The summed E-state index contributed by atoms with van der Waals surface area (Å²) in [5.41, 5.74) is 3.95. The molecule has 0 aliphatic heterocycles. The molecule has 0 amide bonds. The molecular formula is C27H22BrN3O3. The zero-order valence-electron chi connectivity index (χ0n) is 18.5. The van der Waals surface area contributed by atoms with E-state index in [0.717, 1.165) is 26.6 Å². The molecule has 6 nitrogen and oxygen atoms in total. The molecule has 170 valence electrons. The average Bonchev–Trinajstić information content (AvgIpc) is 3.13. The smallest absolute Gasteiger partial charge is 0.333 e. The van der Waals surface area contributed by atoms with Crippen molar-refractivity contribution in [3.05, 3.63) is 117 Å². The first-order valence-corrected chi connectivity index (χ1v) is 11.6. The fourth-order valence-electron chi connectivity index (χ4n) is 3.83. The molecule has 0 fully saturated rings. The summed E-state index contributed by atoms with van der Waals surface area (Å²) in [7, 11) is 1.75. The van der Waals surface area contributed by atoms with Crippen molar-refractivity contribution in [3.63, 3.8) is 0 Å². The number of ether oxygens (including phenoxy) is 2. The highest BCUT2D eigenvalue weighted by molar-refractivity contribution is 9.10. The van der Waals surface area contributed by atoms with E-state index in [-0.39, 0.29) is 5.69 Å². The second kappa shape index (κ2) is 9.57. The van der Waals surface area contributed by atoms with Crippen molar-refractivity contribution in [2.24, 2.45) is 7.05 Å². The number of hydrogen-bond acceptors (Lipinski definition) is 4. The highest BCUT2D eigenvalue weighted by Crippen LogP contribution is 2.30. The number of halogens is 1. The van der Waals surface area contributed by atoms with Gasteiger partial charge in [-0.25, -0.2) is 4.79 Å². The number of rotatable bonds is 7. The predicted molar refractivity (Wildman–Crippen MR) is 136 cm³/mol. The van der Waals surface area contributed by atoms with Crippen LogP contribution in [0.1, 0.15) is 11.1 Å². The van der Waals surface area contributed by atoms with Gasteiger partial charge in [-0.3, -0.25) is 9.13 Å². The monoisotopic (exact) mass is 515 g/mol. The lowest BCUT2D eigenvalue weighted by molar-refractivity contribution is 0.267. The van der Waals surface area contributed by atoms with Gasteiger partial charge in [0, 0.05) is 17.6 Å². The summed E-state index contributed by atoms with van der Waals surface area (Å²) in [5.74, 6) is 0.745. The van der Waals surface area contributed by atoms with Gasteiger partial charge in [-0.15, -0.1) is 0 Å². The summed E-state index contributed by atoms with van der Waals surface area (Å²) in [5, 5.41) is 0. The van der Waals surface area contributed by atoms with Crippen LogP contribution in [0.4, 0.5) is 0 Å². The first kappa shape index (κ1) is 22.0. The fourth-order valence-corrected chi connectivity index (χ4v) is 4.45.